The van der Waals surface area contributed by atoms with Crippen LogP contribution in [0.5, 0.6) is 0 Å². The Balaban J connectivity index is 0.00000387. The number of hydrogen-bond donors (Lipinski definition) is 2. The average Bonchev–Trinajstić information content (AvgIpc) is 3.18. The predicted molar refractivity (Wildman–Crippen MR) is 133 cm³/mol. The van der Waals surface area contributed by atoms with E-state index in [4.69, 9.17) is 0 Å². The van der Waals surface area contributed by atoms with Crippen LogP contribution in [0.3, 0.4) is 0 Å². The second-order valence-corrected chi connectivity index (χ2v) is 10.1. The van der Waals surface area contributed by atoms with Crippen molar-refractivity contribution in [2.24, 2.45) is 0 Å². The summed E-state index contributed by atoms with van der Waals surface area (Å²) < 4.78 is 69.9. The quantitative estimate of drug-likeness (QED) is 0.338. The fourth-order valence-electron chi connectivity index (χ4n) is 5.63. The van der Waals surface area contributed by atoms with Crippen molar-refractivity contribution in [2.75, 3.05) is 26.2 Å². The van der Waals surface area contributed by atoms with Crippen LogP contribution in [0.15, 0.2) is 41.3 Å². The van der Waals surface area contributed by atoms with Crippen LogP contribution in [-0.2, 0) is 4.79 Å². The standard InChI is InChI=1S/C26H27F5N6O3.K/c27-18-4-1-3-17(21(18)28)15-6-7-19(23(38)36(13-15)14-26(29,30)31)33-24(39)35-11-8-16(9-12-35)37-20-5-2-10-32-22(20)34-25(37)40;/h1-5,10,15-16,19H,6-9,11-14H2,(H,33,39)(H,32,34,40);/q;+1/t15-,19-;/m1./s1. The molecule has 0 saturated carbocycles. The monoisotopic (exact) mass is 605 g/mol. The van der Waals surface area contributed by atoms with E-state index in [1.54, 1.807) is 22.9 Å². The van der Waals surface area contributed by atoms with Gasteiger partial charge in [0.15, 0.2) is 17.3 Å². The molecule has 5 rings (SSSR count). The summed E-state index contributed by atoms with van der Waals surface area (Å²) in [7, 11) is 0. The van der Waals surface area contributed by atoms with Crippen LogP contribution in [0.4, 0.5) is 26.7 Å². The summed E-state index contributed by atoms with van der Waals surface area (Å²) in [4.78, 5) is 47.5. The van der Waals surface area contributed by atoms with Gasteiger partial charge in [-0.05, 0) is 49.4 Å². The molecule has 2 aliphatic heterocycles. The minimum absolute atomic E-state index is 0. The number of nitrogens with zero attached hydrogens (tertiary/aromatic N) is 4. The molecule has 3 amide bonds. The van der Waals surface area contributed by atoms with Crippen LogP contribution >= 0.6 is 0 Å². The third kappa shape index (κ3) is 7.01. The van der Waals surface area contributed by atoms with Gasteiger partial charge >= 0.3 is 69.3 Å². The van der Waals surface area contributed by atoms with Crippen LogP contribution < -0.4 is 62.4 Å². The van der Waals surface area contributed by atoms with Crippen molar-refractivity contribution in [3.63, 3.8) is 0 Å². The van der Waals surface area contributed by atoms with E-state index in [1.807, 2.05) is 0 Å². The third-order valence-electron chi connectivity index (χ3n) is 7.55. The van der Waals surface area contributed by atoms with Crippen molar-refractivity contribution in [3.05, 3.63) is 64.2 Å². The van der Waals surface area contributed by atoms with Crippen molar-refractivity contribution >= 4 is 23.1 Å². The van der Waals surface area contributed by atoms with E-state index in [9.17, 15) is 36.3 Å². The Morgan fingerprint density at radius 2 is 1.78 bits per heavy atom. The summed E-state index contributed by atoms with van der Waals surface area (Å²) >= 11 is 0. The Bertz CT molecular complexity index is 1470. The van der Waals surface area contributed by atoms with E-state index in [1.165, 1.54) is 17.0 Å². The molecule has 9 nitrogen and oxygen atoms in total. The number of fused-ring (bicyclic) bond motifs is 1. The number of alkyl halides is 3. The number of piperidine rings is 1. The smallest absolute Gasteiger partial charge is 0.331 e. The first-order valence-electron chi connectivity index (χ1n) is 12.9. The first-order valence-corrected chi connectivity index (χ1v) is 12.9. The molecule has 15 heteroatoms. The van der Waals surface area contributed by atoms with Gasteiger partial charge in [-0.3, -0.25) is 14.3 Å². The first kappa shape index (κ1) is 31.6. The molecule has 214 valence electrons. The molecule has 1 aromatic carbocycles. The maximum Gasteiger partial charge on any atom is 1.00 e. The van der Waals surface area contributed by atoms with E-state index >= 15 is 0 Å². The van der Waals surface area contributed by atoms with Gasteiger partial charge in [0.05, 0.1) is 5.52 Å². The minimum Gasteiger partial charge on any atom is -0.331 e. The van der Waals surface area contributed by atoms with Crippen molar-refractivity contribution < 1.29 is 82.9 Å². The van der Waals surface area contributed by atoms with Crippen molar-refractivity contribution in [3.8, 4) is 0 Å². The SMILES string of the molecule is O=C(N[C@@H]1CC[C@@H](c2cccc(F)c2F)CN(CC(F)(F)F)C1=O)N1CCC(n2c(=O)[nH]c3ncccc32)CC1.[K+]. The summed E-state index contributed by atoms with van der Waals surface area (Å²) in [5, 5.41) is 2.56. The number of nitrogens with one attached hydrogen (secondary N) is 2. The van der Waals surface area contributed by atoms with Gasteiger partial charge in [0.1, 0.15) is 12.6 Å². The van der Waals surface area contributed by atoms with E-state index in [0.717, 1.165) is 6.07 Å². The predicted octanol–water partition coefficient (Wildman–Crippen LogP) is 0.690. The van der Waals surface area contributed by atoms with Gasteiger partial charge in [0, 0.05) is 37.8 Å². The van der Waals surface area contributed by atoms with E-state index < -0.39 is 54.8 Å². The summed E-state index contributed by atoms with van der Waals surface area (Å²) in [5.41, 5.74) is 0.680. The molecule has 2 saturated heterocycles. The molecule has 2 aliphatic rings. The number of benzene rings is 1. The van der Waals surface area contributed by atoms with Crippen molar-refractivity contribution in [2.45, 2.75) is 49.9 Å². The Morgan fingerprint density at radius 1 is 1.05 bits per heavy atom. The molecule has 0 aliphatic carbocycles. The molecule has 0 radical (unpaired) electrons. The van der Waals surface area contributed by atoms with Gasteiger partial charge in [-0.2, -0.15) is 13.2 Å². The van der Waals surface area contributed by atoms with Crippen LogP contribution in [-0.4, -0.2) is 74.7 Å². The average molecular weight is 606 g/mol. The molecule has 4 heterocycles. The molecule has 3 aromatic rings. The molecular weight excluding hydrogens is 578 g/mol. The number of imidazole rings is 1. The molecular formula is C26H27F5KN6O3+. The number of halogens is 5. The van der Waals surface area contributed by atoms with Gasteiger partial charge in [-0.15, -0.1) is 0 Å². The maximum atomic E-state index is 14.5. The maximum absolute atomic E-state index is 14.5. The molecule has 0 bridgehead atoms. The fourth-order valence-corrected chi connectivity index (χ4v) is 5.63. The van der Waals surface area contributed by atoms with Crippen molar-refractivity contribution in [1.82, 2.24) is 29.7 Å². The Labute approximate surface area is 273 Å². The number of likely N-dealkylation sites (tertiary alicyclic amines) is 2. The zero-order chi connectivity index (χ0) is 28.6. The van der Waals surface area contributed by atoms with E-state index in [2.05, 4.69) is 15.3 Å². The van der Waals surface area contributed by atoms with Crippen molar-refractivity contribution in [1.29, 1.82) is 0 Å². The molecule has 2 aromatic heterocycles. The number of carbonyl (C=O) groups is 2. The van der Waals surface area contributed by atoms with Gasteiger partial charge < -0.3 is 15.1 Å². The number of hydrogen-bond acceptors (Lipinski definition) is 4. The summed E-state index contributed by atoms with van der Waals surface area (Å²) in [6.45, 7) is -1.55. The normalized spacial score (nSPS) is 20.6. The Morgan fingerprint density at radius 3 is 2.49 bits per heavy atom. The number of aromatic amines is 1. The zero-order valence-electron chi connectivity index (χ0n) is 22.3. The Hall–Kier alpha value is -2.33. The minimum atomic E-state index is -4.72. The summed E-state index contributed by atoms with van der Waals surface area (Å²) in [6.07, 6.45) is -2.27. The molecule has 0 unspecified atom stereocenters. The summed E-state index contributed by atoms with van der Waals surface area (Å²) in [6, 6.07) is 4.87. The molecule has 2 fully saturated rings. The van der Waals surface area contributed by atoms with Crippen LogP contribution in [0.1, 0.15) is 43.2 Å². The second kappa shape index (κ2) is 12.9. The van der Waals surface area contributed by atoms with Gasteiger partial charge in [0.2, 0.25) is 5.91 Å². The van der Waals surface area contributed by atoms with Crippen LogP contribution in [0.2, 0.25) is 0 Å². The van der Waals surface area contributed by atoms with E-state index in [-0.39, 0.29) is 94.6 Å². The first-order chi connectivity index (χ1) is 19.0. The van der Waals surface area contributed by atoms with Crippen LogP contribution in [0.25, 0.3) is 11.2 Å². The number of aromatic nitrogens is 3. The molecule has 41 heavy (non-hydrogen) atoms. The second-order valence-electron chi connectivity index (χ2n) is 10.1. The number of H-pyrrole nitrogens is 1. The van der Waals surface area contributed by atoms with E-state index in [0.29, 0.717) is 28.9 Å². The zero-order valence-corrected chi connectivity index (χ0v) is 25.4. The van der Waals surface area contributed by atoms with Crippen LogP contribution in [0, 0.1) is 11.6 Å². The van der Waals surface area contributed by atoms with Gasteiger partial charge in [-0.1, -0.05) is 12.1 Å². The number of carbonyl (C=O) groups excluding carboxylic acids is 2. The number of urea groups is 1. The topological polar surface area (TPSA) is 103 Å². The number of rotatable bonds is 4. The summed E-state index contributed by atoms with van der Waals surface area (Å²) in [5.74, 6) is -4.11. The molecule has 2 N–H and O–H groups in total. The number of amides is 3. The Kier molecular flexibility index (Phi) is 9.94. The van der Waals surface area contributed by atoms with Gasteiger partial charge in [0.25, 0.3) is 0 Å². The molecule has 0 spiro atoms. The fraction of sp³-hybridized carbons (Fsp3) is 0.462. The van der Waals surface area contributed by atoms with Gasteiger partial charge in [-0.25, -0.2) is 23.4 Å². The third-order valence-corrected chi connectivity index (χ3v) is 7.55. The molecule has 2 atom stereocenters. The largest absolute Gasteiger partial charge is 1.00 e. The number of pyridine rings is 1.